The molecule has 0 aliphatic rings. The molecule has 0 aliphatic carbocycles. The van der Waals surface area contributed by atoms with Crippen molar-refractivity contribution >= 4 is 5.91 Å². The van der Waals surface area contributed by atoms with Crippen LogP contribution < -0.4 is 11.1 Å². The first-order valence-corrected chi connectivity index (χ1v) is 6.24. The van der Waals surface area contributed by atoms with Crippen LogP contribution in [0, 0.1) is 5.41 Å². The van der Waals surface area contributed by atoms with Gasteiger partial charge in [-0.2, -0.15) is 0 Å². The minimum atomic E-state index is -0.397. The topological polar surface area (TPSA) is 64.3 Å². The number of amides is 1. The molecule has 3 N–H and O–H groups in total. The molecule has 0 atom stereocenters. The van der Waals surface area contributed by atoms with Crippen LogP contribution in [0.25, 0.3) is 0 Å². The van der Waals surface area contributed by atoms with Crippen molar-refractivity contribution in [2.24, 2.45) is 11.1 Å². The zero-order chi connectivity index (χ0) is 13.5. The predicted molar refractivity (Wildman–Crippen MR) is 70.8 cm³/mol. The van der Waals surface area contributed by atoms with E-state index in [4.69, 9.17) is 10.5 Å². The summed E-state index contributed by atoms with van der Waals surface area (Å²) in [6.07, 6.45) is 2.40. The number of nitrogens with one attached hydrogen (secondary N) is 1. The largest absolute Gasteiger partial charge is 0.378 e. The van der Waals surface area contributed by atoms with Crippen molar-refractivity contribution in [3.8, 4) is 0 Å². The van der Waals surface area contributed by atoms with Crippen LogP contribution in [-0.4, -0.2) is 31.7 Å². The quantitative estimate of drug-likeness (QED) is 0.683. The lowest BCUT2D eigenvalue weighted by Gasteiger charge is -2.27. The zero-order valence-corrected chi connectivity index (χ0v) is 11.9. The van der Waals surface area contributed by atoms with Crippen molar-refractivity contribution in [3.63, 3.8) is 0 Å². The van der Waals surface area contributed by atoms with Crippen molar-refractivity contribution in [1.29, 1.82) is 0 Å². The number of rotatable bonds is 8. The summed E-state index contributed by atoms with van der Waals surface area (Å²) in [4.78, 5) is 11.7. The molecule has 0 rings (SSSR count). The van der Waals surface area contributed by atoms with E-state index in [-0.39, 0.29) is 11.3 Å². The van der Waals surface area contributed by atoms with Gasteiger partial charge in [0.25, 0.3) is 0 Å². The Morgan fingerprint density at radius 3 is 2.35 bits per heavy atom. The van der Waals surface area contributed by atoms with Gasteiger partial charge >= 0.3 is 0 Å². The van der Waals surface area contributed by atoms with Crippen LogP contribution in [0.1, 0.15) is 47.0 Å². The van der Waals surface area contributed by atoms with Crippen LogP contribution >= 0.6 is 0 Å². The van der Waals surface area contributed by atoms with Gasteiger partial charge < -0.3 is 15.8 Å². The Morgan fingerprint density at radius 1 is 1.29 bits per heavy atom. The second-order valence-electron chi connectivity index (χ2n) is 5.97. The first-order valence-electron chi connectivity index (χ1n) is 6.24. The van der Waals surface area contributed by atoms with Gasteiger partial charge in [-0.15, -0.1) is 0 Å². The summed E-state index contributed by atoms with van der Waals surface area (Å²) in [5, 5.41) is 2.96. The first-order chi connectivity index (χ1) is 7.72. The van der Waals surface area contributed by atoms with Gasteiger partial charge in [-0.1, -0.05) is 13.8 Å². The molecule has 0 spiro atoms. The Kier molecular flexibility index (Phi) is 6.72. The molecule has 4 heteroatoms. The lowest BCUT2D eigenvalue weighted by Crippen LogP contribution is -2.38. The lowest BCUT2D eigenvalue weighted by atomic mass is 9.87. The second kappa shape index (κ2) is 6.97. The Morgan fingerprint density at radius 2 is 1.88 bits per heavy atom. The van der Waals surface area contributed by atoms with E-state index >= 15 is 0 Å². The highest BCUT2D eigenvalue weighted by Gasteiger charge is 2.23. The van der Waals surface area contributed by atoms with E-state index in [0.29, 0.717) is 19.5 Å². The Hall–Kier alpha value is -0.610. The summed E-state index contributed by atoms with van der Waals surface area (Å²) in [7, 11) is 1.62. The molecular formula is C13H28N2O2. The van der Waals surface area contributed by atoms with Gasteiger partial charge in [-0.05, 0) is 38.6 Å². The van der Waals surface area contributed by atoms with E-state index in [0.717, 1.165) is 12.8 Å². The van der Waals surface area contributed by atoms with E-state index in [2.05, 4.69) is 19.2 Å². The Labute approximate surface area is 105 Å². The molecule has 0 heterocycles. The number of methoxy groups -OCH3 is 1. The summed E-state index contributed by atoms with van der Waals surface area (Å²) in [5.41, 5.74) is 5.20. The fraction of sp³-hybridized carbons (Fsp3) is 0.923. The molecule has 0 saturated carbocycles. The minimum absolute atomic E-state index is 0.0395. The molecule has 0 fully saturated rings. The van der Waals surface area contributed by atoms with Crippen molar-refractivity contribution in [3.05, 3.63) is 0 Å². The maximum absolute atomic E-state index is 11.7. The van der Waals surface area contributed by atoms with Crippen LogP contribution in [-0.2, 0) is 9.53 Å². The van der Waals surface area contributed by atoms with Crippen LogP contribution in [0.2, 0.25) is 0 Å². The van der Waals surface area contributed by atoms with E-state index in [1.165, 1.54) is 0 Å². The summed E-state index contributed by atoms with van der Waals surface area (Å²) < 4.78 is 5.23. The van der Waals surface area contributed by atoms with Gasteiger partial charge in [-0.3, -0.25) is 4.79 Å². The molecule has 102 valence electrons. The van der Waals surface area contributed by atoms with E-state index in [1.54, 1.807) is 7.11 Å². The van der Waals surface area contributed by atoms with Crippen molar-refractivity contribution in [2.45, 2.75) is 52.6 Å². The smallest absolute Gasteiger partial charge is 0.222 e. The van der Waals surface area contributed by atoms with Gasteiger partial charge in [-0.25, -0.2) is 0 Å². The van der Waals surface area contributed by atoms with E-state index < -0.39 is 5.60 Å². The van der Waals surface area contributed by atoms with Crippen molar-refractivity contribution in [2.75, 3.05) is 20.2 Å². The number of carbonyl (C=O) groups is 1. The molecule has 0 aliphatic heterocycles. The van der Waals surface area contributed by atoms with Gasteiger partial charge in [0, 0.05) is 13.7 Å². The highest BCUT2D eigenvalue weighted by atomic mass is 16.5. The molecule has 0 saturated heterocycles. The first kappa shape index (κ1) is 16.4. The maximum Gasteiger partial charge on any atom is 0.222 e. The predicted octanol–water partition coefficient (Wildman–Crippen LogP) is 1.68. The molecular weight excluding hydrogens is 216 g/mol. The summed E-state index contributed by atoms with van der Waals surface area (Å²) >= 11 is 0. The average Bonchev–Trinajstić information content (AvgIpc) is 2.23. The molecule has 0 bridgehead atoms. The van der Waals surface area contributed by atoms with Gasteiger partial charge in [0.2, 0.25) is 5.91 Å². The van der Waals surface area contributed by atoms with Crippen LogP contribution in [0.3, 0.4) is 0 Å². The molecule has 0 aromatic heterocycles. The highest BCUT2D eigenvalue weighted by molar-refractivity contribution is 5.76. The SMILES string of the molecule is COC(C)(C)CC(=O)NCC(C)(C)CCCN. The number of nitrogens with two attached hydrogens (primary N) is 1. The van der Waals surface area contributed by atoms with Gasteiger partial charge in [0.1, 0.15) is 0 Å². The Balaban J connectivity index is 3.98. The summed E-state index contributed by atoms with van der Waals surface area (Å²) in [6.45, 7) is 9.49. The number of carbonyl (C=O) groups excluding carboxylic acids is 1. The molecule has 0 aromatic carbocycles. The number of ether oxygens (including phenoxy) is 1. The summed E-state index contributed by atoms with van der Waals surface area (Å²) in [5.74, 6) is 0.0395. The zero-order valence-electron chi connectivity index (χ0n) is 11.9. The average molecular weight is 244 g/mol. The molecule has 0 aromatic rings. The lowest BCUT2D eigenvalue weighted by molar-refractivity contribution is -0.126. The molecule has 0 radical (unpaired) electrons. The fourth-order valence-electron chi connectivity index (χ4n) is 1.53. The summed E-state index contributed by atoms with van der Waals surface area (Å²) in [6, 6.07) is 0. The number of hydrogen-bond donors (Lipinski definition) is 2. The monoisotopic (exact) mass is 244 g/mol. The van der Waals surface area contributed by atoms with Crippen LogP contribution in [0.4, 0.5) is 0 Å². The van der Waals surface area contributed by atoms with Gasteiger partial charge in [0.15, 0.2) is 0 Å². The maximum atomic E-state index is 11.7. The fourth-order valence-corrected chi connectivity index (χ4v) is 1.53. The standard InChI is InChI=1S/C13H28N2O2/c1-12(2,7-6-8-14)10-15-11(16)9-13(3,4)17-5/h6-10,14H2,1-5H3,(H,15,16). The van der Waals surface area contributed by atoms with Gasteiger partial charge in [0.05, 0.1) is 12.0 Å². The normalized spacial score (nSPS) is 12.6. The molecule has 17 heavy (non-hydrogen) atoms. The third kappa shape index (κ3) is 8.16. The van der Waals surface area contributed by atoms with Crippen molar-refractivity contribution in [1.82, 2.24) is 5.32 Å². The number of hydrogen-bond acceptors (Lipinski definition) is 3. The minimum Gasteiger partial charge on any atom is -0.378 e. The van der Waals surface area contributed by atoms with E-state index in [9.17, 15) is 4.79 Å². The third-order valence-electron chi connectivity index (χ3n) is 2.96. The second-order valence-corrected chi connectivity index (χ2v) is 5.97. The van der Waals surface area contributed by atoms with E-state index in [1.807, 2.05) is 13.8 Å². The molecule has 4 nitrogen and oxygen atoms in total. The van der Waals surface area contributed by atoms with Crippen LogP contribution in [0.5, 0.6) is 0 Å². The third-order valence-corrected chi connectivity index (χ3v) is 2.96. The molecule has 0 unspecified atom stereocenters. The molecule has 1 amide bonds. The Bertz CT molecular complexity index is 238. The van der Waals surface area contributed by atoms with Crippen molar-refractivity contribution < 1.29 is 9.53 Å². The van der Waals surface area contributed by atoms with Crippen LogP contribution in [0.15, 0.2) is 0 Å². The highest BCUT2D eigenvalue weighted by Crippen LogP contribution is 2.21.